The van der Waals surface area contributed by atoms with Crippen molar-refractivity contribution in [3.8, 4) is 0 Å². The maximum atomic E-state index is 11.8. The highest BCUT2D eigenvalue weighted by atomic mass is 16.2. The van der Waals surface area contributed by atoms with Crippen molar-refractivity contribution in [3.63, 3.8) is 0 Å². The molecule has 2 aromatic heterocycles. The first-order valence-electron chi connectivity index (χ1n) is 5.34. The predicted molar refractivity (Wildman–Crippen MR) is 66.7 cm³/mol. The van der Waals surface area contributed by atoms with Crippen LogP contribution in [0.5, 0.6) is 0 Å². The fourth-order valence-corrected chi connectivity index (χ4v) is 1.72. The van der Waals surface area contributed by atoms with Gasteiger partial charge in [0, 0.05) is 28.2 Å². The van der Waals surface area contributed by atoms with Gasteiger partial charge in [-0.15, -0.1) is 0 Å². The molecule has 8 heteroatoms. The van der Waals surface area contributed by atoms with Gasteiger partial charge < -0.3 is 10.6 Å². The monoisotopic (exact) mass is 250 g/mol. The quantitative estimate of drug-likeness (QED) is 0.718. The number of nitrogens with one attached hydrogen (secondary N) is 2. The maximum absolute atomic E-state index is 11.8. The summed E-state index contributed by atoms with van der Waals surface area (Å²) in [5.41, 5.74) is 0.731. The van der Waals surface area contributed by atoms with Gasteiger partial charge in [-0.3, -0.25) is 13.9 Å². The summed E-state index contributed by atoms with van der Waals surface area (Å²) >= 11 is 0. The molecule has 2 N–H and O–H groups in total. The lowest BCUT2D eigenvalue weighted by Gasteiger charge is -2.06. The topological polar surface area (TPSA) is 93.8 Å². The molecule has 8 nitrogen and oxygen atoms in total. The molecule has 0 spiro atoms. The second kappa shape index (κ2) is 4.13. The number of anilines is 1. The molecule has 96 valence electrons. The third kappa shape index (κ3) is 1.53. The van der Waals surface area contributed by atoms with Crippen LogP contribution in [0.2, 0.25) is 0 Å². The van der Waals surface area contributed by atoms with Gasteiger partial charge in [-0.25, -0.2) is 14.8 Å². The zero-order valence-electron chi connectivity index (χ0n) is 10.6. The molecule has 0 aliphatic rings. The molecule has 2 heterocycles. The molecule has 0 atom stereocenters. The lowest BCUT2D eigenvalue weighted by molar-refractivity contribution is 0.0959. The number of imidazole rings is 1. The lowest BCUT2D eigenvalue weighted by Crippen LogP contribution is -2.22. The molecule has 0 unspecified atom stereocenters. The normalized spacial score (nSPS) is 10.7. The summed E-state index contributed by atoms with van der Waals surface area (Å²) in [7, 11) is 6.35. The van der Waals surface area contributed by atoms with Gasteiger partial charge >= 0.3 is 5.69 Å². The van der Waals surface area contributed by atoms with Crippen LogP contribution in [0.15, 0.2) is 4.79 Å². The molecule has 0 fully saturated rings. The third-order valence-corrected chi connectivity index (χ3v) is 2.75. The Morgan fingerprint density at radius 3 is 2.17 bits per heavy atom. The summed E-state index contributed by atoms with van der Waals surface area (Å²) in [4.78, 5) is 31.9. The van der Waals surface area contributed by atoms with E-state index in [1.54, 1.807) is 21.1 Å². The van der Waals surface area contributed by atoms with Crippen molar-refractivity contribution in [2.24, 2.45) is 14.1 Å². The van der Waals surface area contributed by atoms with E-state index in [-0.39, 0.29) is 17.3 Å². The van der Waals surface area contributed by atoms with E-state index in [1.807, 2.05) is 0 Å². The molecule has 0 radical (unpaired) electrons. The highest BCUT2D eigenvalue weighted by Gasteiger charge is 2.18. The number of carbonyl (C=O) groups excluding carboxylic acids is 1. The Kier molecular flexibility index (Phi) is 2.77. The zero-order chi connectivity index (χ0) is 13.4. The van der Waals surface area contributed by atoms with Gasteiger partial charge in [-0.2, -0.15) is 0 Å². The maximum Gasteiger partial charge on any atom is 0.330 e. The van der Waals surface area contributed by atoms with Crippen LogP contribution in [0.1, 0.15) is 10.5 Å². The van der Waals surface area contributed by atoms with E-state index in [9.17, 15) is 9.59 Å². The highest BCUT2D eigenvalue weighted by Crippen LogP contribution is 2.14. The zero-order valence-corrected chi connectivity index (χ0v) is 10.6. The molecule has 1 amide bonds. The van der Waals surface area contributed by atoms with Crippen LogP contribution in [0.4, 0.5) is 5.82 Å². The second-order valence-electron chi connectivity index (χ2n) is 3.80. The highest BCUT2D eigenvalue weighted by molar-refractivity contribution is 5.98. The van der Waals surface area contributed by atoms with Gasteiger partial charge in [0.1, 0.15) is 0 Å². The van der Waals surface area contributed by atoms with Gasteiger partial charge in [0.25, 0.3) is 5.91 Å². The Balaban J connectivity index is 2.86. The molecule has 0 aliphatic carbocycles. The Hall–Kier alpha value is -2.38. The molecule has 18 heavy (non-hydrogen) atoms. The number of fused-ring (bicyclic) bond motifs is 1. The smallest absolute Gasteiger partial charge is 0.330 e. The van der Waals surface area contributed by atoms with Crippen LogP contribution in [0.25, 0.3) is 11.3 Å². The standard InChI is InChI=1S/C10H14N6O2/c1-11-6-5(9(17)12-2)13-7-8(14-6)16(4)10(18)15(7)3/h1-4H3,(H,11,14)(H,12,17). The van der Waals surface area contributed by atoms with E-state index in [0.29, 0.717) is 17.1 Å². The van der Waals surface area contributed by atoms with Crippen molar-refractivity contribution in [3.05, 3.63) is 16.2 Å². The predicted octanol–water partition coefficient (Wildman–Crippen LogP) is -0.932. The fourth-order valence-electron chi connectivity index (χ4n) is 1.72. The summed E-state index contributed by atoms with van der Waals surface area (Å²) in [6, 6.07) is 0. The Bertz CT molecular complexity index is 684. The van der Waals surface area contributed by atoms with E-state index in [2.05, 4.69) is 20.6 Å². The number of hydrogen-bond acceptors (Lipinski definition) is 5. The van der Waals surface area contributed by atoms with Crippen LogP contribution < -0.4 is 16.3 Å². The first-order valence-corrected chi connectivity index (χ1v) is 5.34. The van der Waals surface area contributed by atoms with Crippen molar-refractivity contribution in [1.82, 2.24) is 24.4 Å². The first kappa shape index (κ1) is 12.1. The SMILES string of the molecule is CNC(=O)c1nc2c(nc1NC)n(C)c(=O)n2C. The van der Waals surface area contributed by atoms with Crippen molar-refractivity contribution in [2.75, 3.05) is 19.4 Å². The minimum absolute atomic E-state index is 0.161. The number of rotatable bonds is 2. The van der Waals surface area contributed by atoms with Crippen molar-refractivity contribution >= 4 is 23.0 Å². The second-order valence-corrected chi connectivity index (χ2v) is 3.80. The minimum atomic E-state index is -0.356. The Labute approximate surface area is 103 Å². The van der Waals surface area contributed by atoms with Crippen LogP contribution in [-0.2, 0) is 14.1 Å². The van der Waals surface area contributed by atoms with Crippen molar-refractivity contribution in [1.29, 1.82) is 0 Å². The number of nitrogens with zero attached hydrogens (tertiary/aromatic N) is 4. The van der Waals surface area contributed by atoms with Crippen LogP contribution in [0.3, 0.4) is 0 Å². The third-order valence-electron chi connectivity index (χ3n) is 2.75. The summed E-state index contributed by atoms with van der Waals surface area (Å²) in [6.45, 7) is 0. The van der Waals surface area contributed by atoms with Gasteiger partial charge in [0.2, 0.25) is 0 Å². The summed E-state index contributed by atoms with van der Waals surface area (Å²) < 4.78 is 2.74. The lowest BCUT2D eigenvalue weighted by atomic mass is 10.3. The van der Waals surface area contributed by atoms with E-state index in [0.717, 1.165) is 0 Å². The van der Waals surface area contributed by atoms with E-state index in [4.69, 9.17) is 0 Å². The average molecular weight is 250 g/mol. The summed E-state index contributed by atoms with van der Waals surface area (Å²) in [5.74, 6) is -0.0203. The molecule has 2 rings (SSSR count). The van der Waals surface area contributed by atoms with Gasteiger partial charge in [-0.05, 0) is 0 Å². The summed E-state index contributed by atoms with van der Waals surface area (Å²) in [5, 5.41) is 5.29. The summed E-state index contributed by atoms with van der Waals surface area (Å²) in [6.07, 6.45) is 0. The first-order chi connectivity index (χ1) is 8.51. The van der Waals surface area contributed by atoms with E-state index < -0.39 is 0 Å². The Morgan fingerprint density at radius 1 is 1.11 bits per heavy atom. The minimum Gasteiger partial charge on any atom is -0.371 e. The molecule has 2 aromatic rings. The van der Waals surface area contributed by atoms with Crippen LogP contribution in [-0.4, -0.2) is 39.1 Å². The molecule has 0 bridgehead atoms. The molecule has 0 saturated carbocycles. The van der Waals surface area contributed by atoms with Gasteiger partial charge in [0.05, 0.1) is 0 Å². The molecule has 0 aromatic carbocycles. The molecule has 0 saturated heterocycles. The number of amides is 1. The largest absolute Gasteiger partial charge is 0.371 e. The van der Waals surface area contributed by atoms with E-state index in [1.165, 1.54) is 16.2 Å². The molecular weight excluding hydrogens is 236 g/mol. The number of carbonyl (C=O) groups is 1. The average Bonchev–Trinajstić information content (AvgIpc) is 2.61. The van der Waals surface area contributed by atoms with Crippen molar-refractivity contribution in [2.45, 2.75) is 0 Å². The molecular formula is C10H14N6O2. The number of hydrogen-bond donors (Lipinski definition) is 2. The van der Waals surface area contributed by atoms with Crippen LogP contribution in [0, 0.1) is 0 Å². The number of aromatic nitrogens is 4. The fraction of sp³-hybridized carbons (Fsp3) is 0.400. The number of aryl methyl sites for hydroxylation is 2. The molecule has 0 aliphatic heterocycles. The van der Waals surface area contributed by atoms with E-state index >= 15 is 0 Å². The van der Waals surface area contributed by atoms with Crippen molar-refractivity contribution < 1.29 is 4.79 Å². The van der Waals surface area contributed by atoms with Crippen LogP contribution >= 0.6 is 0 Å². The Morgan fingerprint density at radius 2 is 1.67 bits per heavy atom. The van der Waals surface area contributed by atoms with Gasteiger partial charge in [0.15, 0.2) is 22.8 Å². The van der Waals surface area contributed by atoms with Gasteiger partial charge in [-0.1, -0.05) is 0 Å².